The van der Waals surface area contributed by atoms with E-state index in [1.54, 1.807) is 23.9 Å². The number of nitrogens with zero attached hydrogens (tertiary/aromatic N) is 6. The molecule has 158 valence electrons. The number of rotatable bonds is 6. The van der Waals surface area contributed by atoms with Crippen LogP contribution in [0.3, 0.4) is 0 Å². The normalized spacial score (nSPS) is 21.2. The lowest BCUT2D eigenvalue weighted by atomic mass is 10.2. The van der Waals surface area contributed by atoms with E-state index in [4.69, 9.17) is 4.74 Å². The van der Waals surface area contributed by atoms with Gasteiger partial charge in [-0.05, 0) is 31.8 Å². The summed E-state index contributed by atoms with van der Waals surface area (Å²) in [5, 5.41) is 17.0. The van der Waals surface area contributed by atoms with Gasteiger partial charge in [0, 0.05) is 18.9 Å². The maximum Gasteiger partial charge on any atom is 0.326 e. The van der Waals surface area contributed by atoms with Crippen molar-refractivity contribution in [3.63, 3.8) is 0 Å². The Hall–Kier alpha value is -3.25. The van der Waals surface area contributed by atoms with Crippen LogP contribution in [0.4, 0.5) is 5.95 Å². The minimum Gasteiger partial charge on any atom is -0.493 e. The average Bonchev–Trinajstić information content (AvgIpc) is 3.12. The number of aromatic hydroxyl groups is 1. The molecule has 0 spiro atoms. The molecule has 1 aliphatic carbocycles. The summed E-state index contributed by atoms with van der Waals surface area (Å²) in [5.41, 5.74) is 4.06. The van der Waals surface area contributed by atoms with Crippen molar-refractivity contribution in [2.24, 2.45) is 4.99 Å². The SMILES string of the molecule is COC[C@H]1CCCN1Nc1nc(=NC2CC2)n2nc/c(=C\c3[nH]c(=O)[nH]c3O)c2n1. The predicted octanol–water partition coefficient (Wildman–Crippen LogP) is -1.11. The van der Waals surface area contributed by atoms with E-state index in [1.165, 1.54) is 0 Å². The van der Waals surface area contributed by atoms with Crippen molar-refractivity contribution in [3.05, 3.63) is 33.2 Å². The van der Waals surface area contributed by atoms with Gasteiger partial charge in [0.1, 0.15) is 5.69 Å². The van der Waals surface area contributed by atoms with E-state index in [-0.39, 0.29) is 23.7 Å². The molecule has 0 aromatic carbocycles. The highest BCUT2D eigenvalue weighted by Gasteiger charge is 2.26. The van der Waals surface area contributed by atoms with E-state index in [0.29, 0.717) is 29.0 Å². The Morgan fingerprint density at radius 2 is 2.23 bits per heavy atom. The van der Waals surface area contributed by atoms with Gasteiger partial charge in [-0.3, -0.25) is 10.4 Å². The minimum absolute atomic E-state index is 0.242. The van der Waals surface area contributed by atoms with E-state index in [9.17, 15) is 9.90 Å². The van der Waals surface area contributed by atoms with Gasteiger partial charge < -0.3 is 14.8 Å². The largest absolute Gasteiger partial charge is 0.493 e. The summed E-state index contributed by atoms with van der Waals surface area (Å²) < 4.78 is 6.90. The number of ether oxygens (including phenoxy) is 1. The number of nitrogens with one attached hydrogen (secondary N) is 3. The Morgan fingerprint density at radius 1 is 1.37 bits per heavy atom. The smallest absolute Gasteiger partial charge is 0.326 e. The lowest BCUT2D eigenvalue weighted by Crippen LogP contribution is -2.39. The zero-order valence-electron chi connectivity index (χ0n) is 16.5. The predicted molar refractivity (Wildman–Crippen MR) is 106 cm³/mol. The Bertz CT molecular complexity index is 1240. The van der Waals surface area contributed by atoms with Crippen LogP contribution in [0.25, 0.3) is 11.7 Å². The van der Waals surface area contributed by atoms with E-state index < -0.39 is 5.69 Å². The standard InChI is InChI=1S/C18H23N9O3/c1-30-9-12-3-2-6-26(12)25-16-22-14-10(7-13-15(28)23-18(29)21-13)8-19-27(14)17(24-16)20-11-4-5-11/h7-8,11-12,28H,2-6,9H2,1H3,(H,20,24,25)(H2,21,23,29)/b10-7+/t12-/m1/s1. The summed E-state index contributed by atoms with van der Waals surface area (Å²) in [4.78, 5) is 30.2. The van der Waals surface area contributed by atoms with E-state index in [1.807, 2.05) is 0 Å². The van der Waals surface area contributed by atoms with E-state index in [0.717, 1.165) is 32.2 Å². The quantitative estimate of drug-likeness (QED) is 0.398. The van der Waals surface area contributed by atoms with Gasteiger partial charge in [0.25, 0.3) is 5.62 Å². The Labute approximate surface area is 170 Å². The number of hydrogen-bond acceptors (Lipinski definition) is 9. The van der Waals surface area contributed by atoms with Crippen LogP contribution in [0.5, 0.6) is 5.88 Å². The van der Waals surface area contributed by atoms with Crippen LogP contribution in [-0.4, -0.2) is 72.0 Å². The molecule has 1 atom stereocenters. The molecule has 30 heavy (non-hydrogen) atoms. The van der Waals surface area contributed by atoms with Gasteiger partial charge in [0.15, 0.2) is 5.65 Å². The Kier molecular flexibility index (Phi) is 4.71. The molecule has 1 saturated heterocycles. The first-order valence-electron chi connectivity index (χ1n) is 9.95. The molecule has 12 heteroatoms. The van der Waals surface area contributed by atoms with Gasteiger partial charge >= 0.3 is 5.69 Å². The van der Waals surface area contributed by atoms with Crippen LogP contribution in [0.2, 0.25) is 0 Å². The first-order chi connectivity index (χ1) is 14.6. The van der Waals surface area contributed by atoms with Crippen molar-refractivity contribution in [1.29, 1.82) is 0 Å². The Morgan fingerprint density at radius 3 is 2.97 bits per heavy atom. The molecule has 4 heterocycles. The zero-order chi connectivity index (χ0) is 20.7. The number of methoxy groups -OCH3 is 1. The fourth-order valence-corrected chi connectivity index (χ4v) is 3.61. The number of fused-ring (bicyclic) bond motifs is 1. The summed E-state index contributed by atoms with van der Waals surface area (Å²) >= 11 is 0. The lowest BCUT2D eigenvalue weighted by Gasteiger charge is -2.24. The molecule has 0 unspecified atom stereocenters. The van der Waals surface area contributed by atoms with Crippen LogP contribution in [-0.2, 0) is 4.74 Å². The van der Waals surface area contributed by atoms with Crippen LogP contribution < -0.4 is 22.0 Å². The van der Waals surface area contributed by atoms with Crippen molar-refractivity contribution < 1.29 is 9.84 Å². The lowest BCUT2D eigenvalue weighted by molar-refractivity contribution is 0.128. The van der Waals surface area contributed by atoms with E-state index in [2.05, 4.69) is 40.5 Å². The molecule has 3 aromatic heterocycles. The van der Waals surface area contributed by atoms with Crippen LogP contribution in [0.15, 0.2) is 16.0 Å². The van der Waals surface area contributed by atoms with Crippen LogP contribution in [0.1, 0.15) is 31.4 Å². The van der Waals surface area contributed by atoms with Gasteiger partial charge in [-0.2, -0.15) is 19.6 Å². The van der Waals surface area contributed by atoms with Gasteiger partial charge in [-0.1, -0.05) is 0 Å². The molecule has 5 rings (SSSR count). The second-order valence-corrected chi connectivity index (χ2v) is 7.59. The van der Waals surface area contributed by atoms with Gasteiger partial charge in [0.2, 0.25) is 11.8 Å². The first kappa shape index (κ1) is 18.8. The molecule has 2 fully saturated rings. The topological polar surface area (TPSA) is 149 Å². The minimum atomic E-state index is -0.491. The summed E-state index contributed by atoms with van der Waals surface area (Å²) in [6.07, 6.45) is 7.39. The molecule has 4 N–H and O–H groups in total. The highest BCUT2D eigenvalue weighted by Crippen LogP contribution is 2.22. The number of H-pyrrole nitrogens is 2. The van der Waals surface area contributed by atoms with Gasteiger partial charge in [-0.15, -0.1) is 0 Å². The Balaban J connectivity index is 1.60. The maximum absolute atomic E-state index is 11.4. The highest BCUT2D eigenvalue weighted by molar-refractivity contribution is 5.57. The molecule has 1 aliphatic heterocycles. The number of aromatic amines is 2. The maximum atomic E-state index is 11.4. The second kappa shape index (κ2) is 7.54. The molecular weight excluding hydrogens is 390 g/mol. The van der Waals surface area contributed by atoms with Crippen molar-refractivity contribution in [3.8, 4) is 5.88 Å². The number of anilines is 1. The third-order valence-electron chi connectivity index (χ3n) is 5.24. The zero-order valence-corrected chi connectivity index (χ0v) is 16.5. The summed E-state index contributed by atoms with van der Waals surface area (Å²) in [6, 6.07) is 0.502. The summed E-state index contributed by atoms with van der Waals surface area (Å²) in [6.45, 7) is 1.49. The third kappa shape index (κ3) is 3.66. The van der Waals surface area contributed by atoms with E-state index >= 15 is 0 Å². The molecule has 3 aromatic rings. The number of hydrazine groups is 1. The van der Waals surface area contributed by atoms with Gasteiger partial charge in [-0.25, -0.2) is 14.8 Å². The first-order valence-corrected chi connectivity index (χ1v) is 9.95. The number of imidazole rings is 1. The van der Waals surface area contributed by atoms with Crippen molar-refractivity contribution in [1.82, 2.24) is 34.6 Å². The van der Waals surface area contributed by atoms with Crippen molar-refractivity contribution in [2.75, 3.05) is 25.7 Å². The second-order valence-electron chi connectivity index (χ2n) is 7.59. The van der Waals surface area contributed by atoms with Crippen LogP contribution in [0, 0.1) is 0 Å². The average molecular weight is 413 g/mol. The molecule has 0 amide bonds. The van der Waals surface area contributed by atoms with Crippen LogP contribution >= 0.6 is 0 Å². The number of aromatic nitrogens is 6. The third-order valence-corrected chi connectivity index (χ3v) is 5.24. The van der Waals surface area contributed by atoms with Crippen molar-refractivity contribution >= 4 is 17.7 Å². The van der Waals surface area contributed by atoms with Gasteiger partial charge in [0.05, 0.1) is 24.9 Å². The molecule has 1 saturated carbocycles. The molecule has 12 nitrogen and oxygen atoms in total. The summed E-state index contributed by atoms with van der Waals surface area (Å²) in [7, 11) is 1.70. The van der Waals surface area contributed by atoms with Crippen molar-refractivity contribution in [2.45, 2.75) is 37.8 Å². The highest BCUT2D eigenvalue weighted by atomic mass is 16.5. The molecular formula is C18H23N9O3. The summed E-state index contributed by atoms with van der Waals surface area (Å²) in [5.74, 6) is 0.181. The monoisotopic (exact) mass is 413 g/mol. The molecule has 0 bridgehead atoms. The molecule has 0 radical (unpaired) electrons. The number of hydrogen-bond donors (Lipinski definition) is 4. The fourth-order valence-electron chi connectivity index (χ4n) is 3.61. The molecule has 2 aliphatic rings. The fraction of sp³-hybridized carbons (Fsp3) is 0.500.